The highest BCUT2D eigenvalue weighted by atomic mass is 32.1. The van der Waals surface area contributed by atoms with Gasteiger partial charge < -0.3 is 0 Å². The van der Waals surface area contributed by atoms with Gasteiger partial charge in [-0.05, 0) is 38.0 Å². The third-order valence-electron chi connectivity index (χ3n) is 3.73. The minimum Gasteiger partial charge on any atom is -0.295 e. The van der Waals surface area contributed by atoms with Crippen LogP contribution in [0.2, 0.25) is 0 Å². The van der Waals surface area contributed by atoms with Gasteiger partial charge in [-0.3, -0.25) is 14.8 Å². The number of hydrogen-bond donors (Lipinski definition) is 1. The van der Waals surface area contributed by atoms with Crippen molar-refractivity contribution >= 4 is 33.9 Å². The maximum atomic E-state index is 12.4. The summed E-state index contributed by atoms with van der Waals surface area (Å²) in [5, 5.41) is 7.74. The van der Waals surface area contributed by atoms with E-state index in [-0.39, 0.29) is 5.91 Å². The van der Waals surface area contributed by atoms with Crippen LogP contribution in [0.4, 0.5) is 5.13 Å². The number of carbonyl (C=O) groups excluding carboxylic acids is 1. The molecule has 0 unspecified atom stereocenters. The van der Waals surface area contributed by atoms with E-state index < -0.39 is 0 Å². The van der Waals surface area contributed by atoms with E-state index >= 15 is 0 Å². The van der Waals surface area contributed by atoms with Crippen LogP contribution < -0.4 is 5.32 Å². The summed E-state index contributed by atoms with van der Waals surface area (Å²) in [7, 11) is 1.79. The number of aromatic nitrogens is 4. The molecule has 1 aliphatic carbocycles. The van der Waals surface area contributed by atoms with E-state index in [0.29, 0.717) is 22.6 Å². The largest absolute Gasteiger partial charge is 0.295 e. The Labute approximate surface area is 141 Å². The van der Waals surface area contributed by atoms with Crippen LogP contribution in [-0.2, 0) is 7.05 Å². The Morgan fingerprint density at radius 3 is 2.91 bits per heavy atom. The number of rotatable bonds is 4. The zero-order chi connectivity index (χ0) is 16.0. The smallest absolute Gasteiger partial charge is 0.275 e. The average Bonchev–Trinajstić information content (AvgIpc) is 2.92. The van der Waals surface area contributed by atoms with Crippen LogP contribution in [0.25, 0.3) is 10.7 Å². The van der Waals surface area contributed by atoms with Crippen molar-refractivity contribution in [2.45, 2.75) is 25.7 Å². The highest BCUT2D eigenvalue weighted by molar-refractivity contribution is 7.15. The molecule has 3 aromatic heterocycles. The van der Waals surface area contributed by atoms with Crippen LogP contribution in [0.5, 0.6) is 0 Å². The lowest BCUT2D eigenvalue weighted by molar-refractivity contribution is 0.101. The first-order chi connectivity index (χ1) is 11.1. The third kappa shape index (κ3) is 2.91. The molecule has 0 atom stereocenters. The van der Waals surface area contributed by atoms with Crippen LogP contribution in [0.15, 0.2) is 18.2 Å². The van der Waals surface area contributed by atoms with Gasteiger partial charge in [0.15, 0.2) is 5.82 Å². The fourth-order valence-corrected chi connectivity index (χ4v) is 3.81. The van der Waals surface area contributed by atoms with Gasteiger partial charge in [0.25, 0.3) is 5.91 Å². The first kappa shape index (κ1) is 14.5. The minimum absolute atomic E-state index is 0.197. The Hall–Kier alpha value is -2.06. The summed E-state index contributed by atoms with van der Waals surface area (Å²) in [4.78, 5) is 19.0. The summed E-state index contributed by atoms with van der Waals surface area (Å²) in [6, 6.07) is 5.91. The van der Waals surface area contributed by atoms with Crippen molar-refractivity contribution in [3.05, 3.63) is 34.5 Å². The lowest BCUT2D eigenvalue weighted by Gasteiger charge is -2.00. The molecular weight excluding hydrogens is 330 g/mol. The lowest BCUT2D eigenvalue weighted by atomic mass is 10.2. The van der Waals surface area contributed by atoms with Gasteiger partial charge in [0.1, 0.15) is 5.69 Å². The van der Waals surface area contributed by atoms with Crippen LogP contribution in [0.1, 0.15) is 39.8 Å². The van der Waals surface area contributed by atoms with Gasteiger partial charge in [0.2, 0.25) is 5.13 Å². The number of nitrogens with zero attached hydrogens (tertiary/aromatic N) is 4. The predicted molar refractivity (Wildman–Crippen MR) is 91.1 cm³/mol. The zero-order valence-corrected chi connectivity index (χ0v) is 14.4. The van der Waals surface area contributed by atoms with Crippen molar-refractivity contribution in [1.29, 1.82) is 0 Å². The van der Waals surface area contributed by atoms with Gasteiger partial charge in [0.05, 0.1) is 10.6 Å². The Kier molecular flexibility index (Phi) is 3.50. The van der Waals surface area contributed by atoms with E-state index in [0.717, 1.165) is 23.4 Å². The van der Waals surface area contributed by atoms with E-state index in [2.05, 4.69) is 19.8 Å². The van der Waals surface area contributed by atoms with Crippen molar-refractivity contribution < 1.29 is 4.79 Å². The molecule has 6 nitrogen and oxygen atoms in total. The minimum atomic E-state index is -0.197. The summed E-state index contributed by atoms with van der Waals surface area (Å²) in [5.41, 5.74) is 1.56. The number of thiophene rings is 1. The van der Waals surface area contributed by atoms with E-state index in [1.807, 2.05) is 25.1 Å². The van der Waals surface area contributed by atoms with Gasteiger partial charge in [-0.15, -0.1) is 11.3 Å². The highest BCUT2D eigenvalue weighted by Crippen LogP contribution is 2.39. The molecule has 8 heteroatoms. The molecule has 1 saturated carbocycles. The van der Waals surface area contributed by atoms with E-state index in [1.165, 1.54) is 16.4 Å². The summed E-state index contributed by atoms with van der Waals surface area (Å²) >= 11 is 2.83. The van der Waals surface area contributed by atoms with E-state index in [9.17, 15) is 4.79 Å². The van der Waals surface area contributed by atoms with Crippen molar-refractivity contribution in [2.75, 3.05) is 5.32 Å². The monoisotopic (exact) mass is 345 g/mol. The Balaban J connectivity index is 1.51. The molecule has 0 aromatic carbocycles. The Bertz CT molecular complexity index is 874. The SMILES string of the molecule is Cc1ccc(-c2nsc(NC(=O)c3cc(C4CC4)nn3C)n2)s1. The average molecular weight is 345 g/mol. The fraction of sp³-hybridized carbons (Fsp3) is 0.333. The van der Waals surface area contributed by atoms with Crippen LogP contribution >= 0.6 is 22.9 Å². The third-order valence-corrected chi connectivity index (χ3v) is 5.36. The summed E-state index contributed by atoms with van der Waals surface area (Å²) in [6.45, 7) is 2.04. The van der Waals surface area contributed by atoms with Gasteiger partial charge in [0, 0.05) is 29.4 Å². The molecule has 0 aliphatic heterocycles. The number of aryl methyl sites for hydroxylation is 2. The number of nitrogens with one attached hydrogen (secondary N) is 1. The van der Waals surface area contributed by atoms with Crippen molar-refractivity contribution in [2.24, 2.45) is 7.05 Å². The van der Waals surface area contributed by atoms with Crippen LogP contribution in [0.3, 0.4) is 0 Å². The zero-order valence-electron chi connectivity index (χ0n) is 12.7. The highest BCUT2D eigenvalue weighted by Gasteiger charge is 2.28. The molecule has 1 amide bonds. The van der Waals surface area contributed by atoms with Crippen LogP contribution in [-0.4, -0.2) is 25.0 Å². The summed E-state index contributed by atoms with van der Waals surface area (Å²) < 4.78 is 5.95. The molecule has 3 heterocycles. The molecule has 4 rings (SSSR count). The van der Waals surface area contributed by atoms with Gasteiger partial charge in [-0.2, -0.15) is 14.5 Å². The number of carbonyl (C=O) groups is 1. The Morgan fingerprint density at radius 2 is 2.22 bits per heavy atom. The summed E-state index contributed by atoms with van der Waals surface area (Å²) in [5.74, 6) is 0.988. The second kappa shape index (κ2) is 5.54. The van der Waals surface area contributed by atoms with E-state index in [4.69, 9.17) is 0 Å². The maximum Gasteiger partial charge on any atom is 0.275 e. The van der Waals surface area contributed by atoms with Gasteiger partial charge >= 0.3 is 0 Å². The normalized spacial score (nSPS) is 14.2. The lowest BCUT2D eigenvalue weighted by Crippen LogP contribution is -2.15. The Morgan fingerprint density at radius 1 is 1.39 bits per heavy atom. The van der Waals surface area contributed by atoms with Crippen molar-refractivity contribution in [3.8, 4) is 10.7 Å². The van der Waals surface area contributed by atoms with Crippen LogP contribution in [0, 0.1) is 6.92 Å². The number of amides is 1. The second-order valence-electron chi connectivity index (χ2n) is 5.64. The molecule has 0 bridgehead atoms. The van der Waals surface area contributed by atoms with Gasteiger partial charge in [-0.1, -0.05) is 0 Å². The fourth-order valence-electron chi connectivity index (χ4n) is 2.37. The topological polar surface area (TPSA) is 72.7 Å². The standard InChI is InChI=1S/C15H15N5OS2/c1-8-3-6-12(22-8)13-16-15(23-19-13)17-14(21)11-7-10(9-4-5-9)18-20(11)2/h3,6-7,9H,4-5H2,1-2H3,(H,16,17,19,21). The molecule has 0 saturated heterocycles. The van der Waals surface area contributed by atoms with E-state index in [1.54, 1.807) is 23.1 Å². The molecule has 1 aliphatic rings. The van der Waals surface area contributed by atoms with Gasteiger partial charge in [-0.25, -0.2) is 0 Å². The quantitative estimate of drug-likeness (QED) is 0.786. The molecule has 0 spiro atoms. The molecule has 23 heavy (non-hydrogen) atoms. The molecule has 1 N–H and O–H groups in total. The molecular formula is C15H15N5OS2. The number of hydrogen-bond acceptors (Lipinski definition) is 6. The summed E-state index contributed by atoms with van der Waals surface area (Å²) in [6.07, 6.45) is 2.33. The molecule has 0 radical (unpaired) electrons. The molecule has 3 aromatic rings. The predicted octanol–water partition coefficient (Wildman–Crippen LogP) is 3.44. The number of anilines is 1. The van der Waals surface area contributed by atoms with Crippen molar-refractivity contribution in [3.63, 3.8) is 0 Å². The first-order valence-corrected chi connectivity index (χ1v) is 8.95. The van der Waals surface area contributed by atoms with Crippen molar-refractivity contribution in [1.82, 2.24) is 19.1 Å². The first-order valence-electron chi connectivity index (χ1n) is 7.36. The molecule has 118 valence electrons. The second-order valence-corrected chi connectivity index (χ2v) is 7.68. The molecule has 1 fully saturated rings. The maximum absolute atomic E-state index is 12.4.